The van der Waals surface area contributed by atoms with Crippen molar-refractivity contribution in [2.75, 3.05) is 31.1 Å². The number of hydrogen-bond donors (Lipinski definition) is 1. The Morgan fingerprint density at radius 2 is 1.43 bits per heavy atom. The van der Waals surface area contributed by atoms with Gasteiger partial charge in [-0.2, -0.15) is 0 Å². The van der Waals surface area contributed by atoms with Crippen molar-refractivity contribution >= 4 is 17.6 Å². The van der Waals surface area contributed by atoms with Gasteiger partial charge in [-0.05, 0) is 48.0 Å². The van der Waals surface area contributed by atoms with Crippen molar-refractivity contribution < 1.29 is 14.3 Å². The Bertz CT molecular complexity index is 1320. The lowest BCUT2D eigenvalue weighted by Gasteiger charge is -2.37. The summed E-state index contributed by atoms with van der Waals surface area (Å²) in [5.74, 6) is 1.67. The maximum atomic E-state index is 13.7. The number of nitrogens with zero attached hydrogens (tertiary/aromatic N) is 3. The highest BCUT2D eigenvalue weighted by Gasteiger charge is 2.30. The van der Waals surface area contributed by atoms with Gasteiger partial charge in [0.25, 0.3) is 5.91 Å². The van der Waals surface area contributed by atoms with Gasteiger partial charge in [-0.15, -0.1) is 0 Å². The fraction of sp³-hybridized carbons (Fsp3) is 0.167. The number of ether oxygens (including phenoxy) is 1. The van der Waals surface area contributed by atoms with Crippen LogP contribution in [-0.4, -0.2) is 47.9 Å². The standard InChI is InChI=1S/C30H28N4O3/c35-29(24-12-9-15-26(22-24)37-25-13-5-2-6-14-25)32-28(23-10-3-1-4-11-23)30(36)34-20-18-33(19-21-34)27-16-7-8-17-31-27/h1-17,22,28H,18-21H2,(H,32,35). The first-order valence-corrected chi connectivity index (χ1v) is 12.3. The second kappa shape index (κ2) is 11.4. The van der Waals surface area contributed by atoms with Crippen LogP contribution in [0.3, 0.4) is 0 Å². The third-order valence-corrected chi connectivity index (χ3v) is 6.30. The monoisotopic (exact) mass is 492 g/mol. The summed E-state index contributed by atoms with van der Waals surface area (Å²) in [7, 11) is 0. The molecule has 1 aromatic heterocycles. The van der Waals surface area contributed by atoms with Crippen LogP contribution in [0.2, 0.25) is 0 Å². The van der Waals surface area contributed by atoms with Crippen LogP contribution in [0.25, 0.3) is 0 Å². The van der Waals surface area contributed by atoms with Crippen LogP contribution in [0.1, 0.15) is 22.0 Å². The quantitative estimate of drug-likeness (QED) is 0.405. The number of nitrogens with one attached hydrogen (secondary N) is 1. The van der Waals surface area contributed by atoms with Crippen LogP contribution in [-0.2, 0) is 4.79 Å². The molecule has 186 valence electrons. The molecule has 0 bridgehead atoms. The number of piperazine rings is 1. The van der Waals surface area contributed by atoms with Crippen molar-refractivity contribution in [3.8, 4) is 11.5 Å². The van der Waals surface area contributed by atoms with E-state index in [-0.39, 0.29) is 11.8 Å². The molecule has 0 saturated carbocycles. The predicted octanol–water partition coefficient (Wildman–Crippen LogP) is 4.69. The van der Waals surface area contributed by atoms with Gasteiger partial charge in [0.05, 0.1) is 0 Å². The van der Waals surface area contributed by atoms with E-state index in [1.54, 1.807) is 30.5 Å². The van der Waals surface area contributed by atoms with E-state index >= 15 is 0 Å². The van der Waals surface area contributed by atoms with E-state index in [9.17, 15) is 9.59 Å². The Balaban J connectivity index is 1.30. The Kier molecular flexibility index (Phi) is 7.41. The van der Waals surface area contributed by atoms with E-state index in [0.29, 0.717) is 43.2 Å². The molecule has 0 aliphatic carbocycles. The normalized spacial score (nSPS) is 14.1. The first kappa shape index (κ1) is 24.1. The number of para-hydroxylation sites is 1. The van der Waals surface area contributed by atoms with E-state index < -0.39 is 6.04 Å². The molecule has 0 radical (unpaired) electrons. The summed E-state index contributed by atoms with van der Waals surface area (Å²) in [6.45, 7) is 2.46. The van der Waals surface area contributed by atoms with Gasteiger partial charge in [0, 0.05) is 37.9 Å². The molecular formula is C30H28N4O3. The molecule has 7 heteroatoms. The zero-order chi connectivity index (χ0) is 25.5. The molecule has 1 aliphatic rings. The maximum absolute atomic E-state index is 13.7. The number of aromatic nitrogens is 1. The van der Waals surface area contributed by atoms with Gasteiger partial charge in [0.1, 0.15) is 23.4 Å². The number of pyridine rings is 1. The molecule has 5 rings (SSSR count). The zero-order valence-electron chi connectivity index (χ0n) is 20.4. The van der Waals surface area contributed by atoms with Crippen LogP contribution in [0.5, 0.6) is 11.5 Å². The highest BCUT2D eigenvalue weighted by molar-refractivity contribution is 5.98. The minimum Gasteiger partial charge on any atom is -0.457 e. The summed E-state index contributed by atoms with van der Waals surface area (Å²) in [5, 5.41) is 2.97. The Morgan fingerprint density at radius 1 is 0.757 bits per heavy atom. The SMILES string of the molecule is O=C(NC(C(=O)N1CCN(c2ccccn2)CC1)c1ccccc1)c1cccc(Oc2ccccc2)c1. The molecular weight excluding hydrogens is 464 g/mol. The second-order valence-electron chi connectivity index (χ2n) is 8.76. The average Bonchev–Trinajstić information content (AvgIpc) is 2.97. The third kappa shape index (κ3) is 5.95. The molecule has 37 heavy (non-hydrogen) atoms. The fourth-order valence-corrected chi connectivity index (χ4v) is 4.35. The number of anilines is 1. The van der Waals surface area contributed by atoms with Crippen LogP contribution in [0.15, 0.2) is 109 Å². The van der Waals surface area contributed by atoms with Crippen molar-refractivity contribution in [3.05, 3.63) is 120 Å². The van der Waals surface area contributed by atoms with Gasteiger partial charge in [-0.1, -0.05) is 60.7 Å². The molecule has 4 aromatic rings. The van der Waals surface area contributed by atoms with E-state index in [2.05, 4.69) is 15.2 Å². The van der Waals surface area contributed by atoms with Gasteiger partial charge in [0.2, 0.25) is 5.91 Å². The summed E-state index contributed by atoms with van der Waals surface area (Å²) < 4.78 is 5.88. The minimum atomic E-state index is -0.797. The largest absolute Gasteiger partial charge is 0.457 e. The number of carbonyl (C=O) groups is 2. The molecule has 2 heterocycles. The highest BCUT2D eigenvalue weighted by atomic mass is 16.5. The Hall–Kier alpha value is -4.65. The molecule has 7 nitrogen and oxygen atoms in total. The third-order valence-electron chi connectivity index (χ3n) is 6.30. The number of benzene rings is 3. The molecule has 3 aromatic carbocycles. The summed E-state index contributed by atoms with van der Waals surface area (Å²) in [5.41, 5.74) is 1.16. The van der Waals surface area contributed by atoms with Crippen molar-refractivity contribution in [1.82, 2.24) is 15.2 Å². The lowest BCUT2D eigenvalue weighted by molar-refractivity contribution is -0.133. The van der Waals surface area contributed by atoms with Gasteiger partial charge in [0.15, 0.2) is 0 Å². The van der Waals surface area contributed by atoms with E-state index in [1.165, 1.54) is 0 Å². The molecule has 2 amide bonds. The molecule has 1 atom stereocenters. The number of amides is 2. The van der Waals surface area contributed by atoms with E-state index in [4.69, 9.17) is 4.74 Å². The second-order valence-corrected chi connectivity index (χ2v) is 8.76. The first-order valence-electron chi connectivity index (χ1n) is 12.3. The highest BCUT2D eigenvalue weighted by Crippen LogP contribution is 2.23. The molecule has 1 aliphatic heterocycles. The molecule has 1 N–H and O–H groups in total. The van der Waals surface area contributed by atoms with Gasteiger partial charge >= 0.3 is 0 Å². The van der Waals surface area contributed by atoms with Crippen LogP contribution in [0, 0.1) is 0 Å². The fourth-order valence-electron chi connectivity index (χ4n) is 4.35. The van der Waals surface area contributed by atoms with Gasteiger partial charge < -0.3 is 19.9 Å². The van der Waals surface area contributed by atoms with Crippen LogP contribution >= 0.6 is 0 Å². The number of carbonyl (C=O) groups excluding carboxylic acids is 2. The topological polar surface area (TPSA) is 74.8 Å². The predicted molar refractivity (Wildman–Crippen MR) is 143 cm³/mol. The summed E-state index contributed by atoms with van der Waals surface area (Å²) in [4.78, 5) is 35.4. The molecule has 0 spiro atoms. The van der Waals surface area contributed by atoms with Crippen molar-refractivity contribution in [2.45, 2.75) is 6.04 Å². The lowest BCUT2D eigenvalue weighted by Crippen LogP contribution is -2.52. The van der Waals surface area contributed by atoms with Crippen LogP contribution < -0.4 is 15.0 Å². The first-order chi connectivity index (χ1) is 18.2. The smallest absolute Gasteiger partial charge is 0.252 e. The summed E-state index contributed by atoms with van der Waals surface area (Å²) in [6, 6.07) is 30.7. The zero-order valence-corrected chi connectivity index (χ0v) is 20.4. The van der Waals surface area contributed by atoms with Crippen LogP contribution in [0.4, 0.5) is 5.82 Å². The summed E-state index contributed by atoms with van der Waals surface area (Å²) >= 11 is 0. The van der Waals surface area contributed by atoms with E-state index in [1.807, 2.05) is 83.8 Å². The number of rotatable bonds is 7. The minimum absolute atomic E-state index is 0.128. The van der Waals surface area contributed by atoms with Crippen molar-refractivity contribution in [2.24, 2.45) is 0 Å². The molecule has 1 fully saturated rings. The maximum Gasteiger partial charge on any atom is 0.252 e. The molecule has 1 saturated heterocycles. The van der Waals surface area contributed by atoms with Crippen molar-refractivity contribution in [1.29, 1.82) is 0 Å². The van der Waals surface area contributed by atoms with E-state index in [0.717, 1.165) is 11.4 Å². The van der Waals surface area contributed by atoms with Gasteiger partial charge in [-0.25, -0.2) is 4.98 Å². The molecule has 1 unspecified atom stereocenters. The summed E-state index contributed by atoms with van der Waals surface area (Å²) in [6.07, 6.45) is 1.77. The lowest BCUT2D eigenvalue weighted by atomic mass is 10.0. The Morgan fingerprint density at radius 3 is 2.14 bits per heavy atom. The van der Waals surface area contributed by atoms with Crippen molar-refractivity contribution in [3.63, 3.8) is 0 Å². The average molecular weight is 493 g/mol. The van der Waals surface area contributed by atoms with Gasteiger partial charge in [-0.3, -0.25) is 9.59 Å². The number of hydrogen-bond acceptors (Lipinski definition) is 5. The Labute approximate surface area is 216 Å².